The van der Waals surface area contributed by atoms with Gasteiger partial charge in [0, 0.05) is 12.7 Å². The molecule has 2 aromatic rings. The number of rotatable bonds is 3. The van der Waals surface area contributed by atoms with Crippen LogP contribution in [0.5, 0.6) is 0 Å². The Labute approximate surface area is 135 Å². The lowest BCUT2D eigenvalue weighted by Crippen LogP contribution is -2.27. The van der Waals surface area contributed by atoms with Crippen LogP contribution < -0.4 is 5.32 Å². The molecule has 2 amide bonds. The van der Waals surface area contributed by atoms with Gasteiger partial charge in [0.2, 0.25) is 0 Å². The summed E-state index contributed by atoms with van der Waals surface area (Å²) in [5.74, 6) is -0.596. The van der Waals surface area contributed by atoms with Gasteiger partial charge in [-0.3, -0.25) is 14.5 Å². The van der Waals surface area contributed by atoms with Crippen LogP contribution in [0.25, 0.3) is 5.57 Å². The van der Waals surface area contributed by atoms with Crippen molar-refractivity contribution in [3.05, 3.63) is 70.9 Å². The van der Waals surface area contributed by atoms with Crippen molar-refractivity contribution in [3.63, 3.8) is 0 Å². The topological polar surface area (TPSA) is 49.4 Å². The lowest BCUT2D eigenvalue weighted by molar-refractivity contribution is -0.135. The van der Waals surface area contributed by atoms with Gasteiger partial charge in [0.15, 0.2) is 0 Å². The number of amides is 2. The van der Waals surface area contributed by atoms with E-state index in [1.807, 2.05) is 56.3 Å². The number of nitrogens with one attached hydrogen (secondary N) is 1. The molecule has 0 aromatic heterocycles. The first kappa shape index (κ1) is 15.0. The molecule has 0 bridgehead atoms. The van der Waals surface area contributed by atoms with E-state index in [1.54, 1.807) is 0 Å². The largest absolute Gasteiger partial charge is 0.350 e. The molecule has 23 heavy (non-hydrogen) atoms. The fraction of sp³-hybridized carbons (Fsp3) is 0.158. The van der Waals surface area contributed by atoms with Crippen LogP contribution in [-0.2, 0) is 9.59 Å². The fourth-order valence-corrected chi connectivity index (χ4v) is 2.82. The summed E-state index contributed by atoms with van der Waals surface area (Å²) in [5.41, 5.74) is 4.48. The van der Waals surface area contributed by atoms with Crippen molar-refractivity contribution < 1.29 is 9.59 Å². The van der Waals surface area contributed by atoms with Gasteiger partial charge in [-0.1, -0.05) is 36.4 Å². The van der Waals surface area contributed by atoms with E-state index in [1.165, 1.54) is 7.05 Å². The Bertz CT molecular complexity index is 802. The zero-order valence-electron chi connectivity index (χ0n) is 13.4. The average Bonchev–Trinajstić information content (AvgIpc) is 2.72. The molecule has 0 unspecified atom stereocenters. The summed E-state index contributed by atoms with van der Waals surface area (Å²) < 4.78 is 0. The predicted molar refractivity (Wildman–Crippen MR) is 90.7 cm³/mol. The van der Waals surface area contributed by atoms with Crippen molar-refractivity contribution in [2.24, 2.45) is 0 Å². The Kier molecular flexibility index (Phi) is 3.74. The molecule has 1 N–H and O–H groups in total. The summed E-state index contributed by atoms with van der Waals surface area (Å²) >= 11 is 0. The number of aryl methyl sites for hydroxylation is 2. The molecule has 0 radical (unpaired) electrons. The van der Waals surface area contributed by atoms with E-state index in [0.717, 1.165) is 27.3 Å². The number of carbonyl (C=O) groups excluding carboxylic acids is 2. The fourth-order valence-electron chi connectivity index (χ4n) is 2.82. The highest BCUT2D eigenvalue weighted by atomic mass is 16.2. The van der Waals surface area contributed by atoms with Gasteiger partial charge >= 0.3 is 0 Å². The molecule has 1 heterocycles. The summed E-state index contributed by atoms with van der Waals surface area (Å²) in [6, 6.07) is 15.2. The van der Waals surface area contributed by atoms with Crippen molar-refractivity contribution in [1.82, 2.24) is 4.90 Å². The quantitative estimate of drug-likeness (QED) is 0.886. The zero-order valence-corrected chi connectivity index (χ0v) is 13.4. The Hall–Kier alpha value is -2.88. The molecule has 2 aromatic carbocycles. The molecule has 0 fully saturated rings. The normalized spacial score (nSPS) is 14.7. The van der Waals surface area contributed by atoms with E-state index in [2.05, 4.69) is 11.4 Å². The van der Waals surface area contributed by atoms with Crippen molar-refractivity contribution in [2.45, 2.75) is 13.8 Å². The molecule has 1 aliphatic heterocycles. The second-order valence-electron chi connectivity index (χ2n) is 5.79. The Morgan fingerprint density at radius 2 is 1.48 bits per heavy atom. The van der Waals surface area contributed by atoms with E-state index in [9.17, 15) is 9.59 Å². The van der Waals surface area contributed by atoms with E-state index >= 15 is 0 Å². The first-order valence-corrected chi connectivity index (χ1v) is 7.45. The molecule has 0 spiro atoms. The zero-order chi connectivity index (χ0) is 16.6. The third kappa shape index (κ3) is 2.75. The van der Waals surface area contributed by atoms with Crippen LogP contribution in [0.4, 0.5) is 5.69 Å². The van der Waals surface area contributed by atoms with Gasteiger partial charge in [-0.05, 0) is 42.7 Å². The van der Waals surface area contributed by atoms with Crippen LogP contribution in [0, 0.1) is 13.8 Å². The summed E-state index contributed by atoms with van der Waals surface area (Å²) in [5, 5.41) is 3.15. The lowest BCUT2D eigenvalue weighted by atomic mass is 10.0. The Morgan fingerprint density at radius 3 is 2.09 bits per heavy atom. The smallest absolute Gasteiger partial charge is 0.277 e. The summed E-state index contributed by atoms with van der Waals surface area (Å²) in [7, 11) is 1.50. The molecule has 116 valence electrons. The van der Waals surface area contributed by atoms with Gasteiger partial charge in [-0.15, -0.1) is 0 Å². The van der Waals surface area contributed by atoms with Crippen LogP contribution in [0.3, 0.4) is 0 Å². The van der Waals surface area contributed by atoms with Crippen LogP contribution in [-0.4, -0.2) is 23.8 Å². The van der Waals surface area contributed by atoms with E-state index in [0.29, 0.717) is 11.3 Å². The number of hydrogen-bond donors (Lipinski definition) is 1. The molecule has 4 heteroatoms. The monoisotopic (exact) mass is 306 g/mol. The van der Waals surface area contributed by atoms with Crippen LogP contribution in [0.2, 0.25) is 0 Å². The SMILES string of the molecule is Cc1cc(C)cc(NC2=C(c3ccccc3)C(=O)N(C)C2=O)c1. The number of nitrogens with zero attached hydrogens (tertiary/aromatic N) is 1. The molecule has 0 atom stereocenters. The maximum absolute atomic E-state index is 12.5. The molecule has 0 saturated carbocycles. The summed E-state index contributed by atoms with van der Waals surface area (Å²) in [6.07, 6.45) is 0. The predicted octanol–water partition coefficient (Wildman–Crippen LogP) is 3.13. The van der Waals surface area contributed by atoms with Gasteiger partial charge < -0.3 is 5.32 Å². The first-order chi connectivity index (χ1) is 11.0. The standard InChI is InChI=1S/C19H18N2O2/c1-12-9-13(2)11-15(10-12)20-17-16(14-7-5-4-6-8-14)18(22)21(3)19(17)23/h4-11,20H,1-3H3. The minimum absolute atomic E-state index is 0.284. The Morgan fingerprint density at radius 1 is 0.870 bits per heavy atom. The van der Waals surface area contributed by atoms with Crippen LogP contribution in [0.15, 0.2) is 54.2 Å². The molecule has 0 aliphatic carbocycles. The molecule has 4 nitrogen and oxygen atoms in total. The highest BCUT2D eigenvalue weighted by Crippen LogP contribution is 2.29. The molecular formula is C19H18N2O2. The third-order valence-electron chi connectivity index (χ3n) is 3.84. The van der Waals surface area contributed by atoms with Crippen LogP contribution >= 0.6 is 0 Å². The van der Waals surface area contributed by atoms with E-state index in [-0.39, 0.29) is 11.8 Å². The van der Waals surface area contributed by atoms with E-state index in [4.69, 9.17) is 0 Å². The number of anilines is 1. The average molecular weight is 306 g/mol. The second kappa shape index (κ2) is 5.72. The minimum atomic E-state index is -0.312. The minimum Gasteiger partial charge on any atom is -0.350 e. The molecule has 0 saturated heterocycles. The van der Waals surface area contributed by atoms with Gasteiger partial charge in [-0.2, -0.15) is 0 Å². The lowest BCUT2D eigenvalue weighted by Gasteiger charge is -2.10. The van der Waals surface area contributed by atoms with Gasteiger partial charge in [0.05, 0.1) is 5.57 Å². The van der Waals surface area contributed by atoms with Gasteiger partial charge in [0.25, 0.3) is 11.8 Å². The van der Waals surface area contributed by atoms with Crippen molar-refractivity contribution in [3.8, 4) is 0 Å². The highest BCUT2D eigenvalue weighted by Gasteiger charge is 2.36. The van der Waals surface area contributed by atoms with Crippen LogP contribution in [0.1, 0.15) is 16.7 Å². The van der Waals surface area contributed by atoms with E-state index < -0.39 is 0 Å². The van der Waals surface area contributed by atoms with Crippen molar-refractivity contribution >= 4 is 23.1 Å². The summed E-state index contributed by atoms with van der Waals surface area (Å²) in [6.45, 7) is 4.00. The molecule has 1 aliphatic rings. The Balaban J connectivity index is 2.10. The number of benzene rings is 2. The number of hydrogen-bond acceptors (Lipinski definition) is 3. The van der Waals surface area contributed by atoms with Gasteiger partial charge in [0.1, 0.15) is 5.70 Å². The third-order valence-corrected chi connectivity index (χ3v) is 3.84. The van der Waals surface area contributed by atoms with Crippen molar-refractivity contribution in [1.29, 1.82) is 0 Å². The second-order valence-corrected chi connectivity index (χ2v) is 5.79. The highest BCUT2D eigenvalue weighted by molar-refractivity contribution is 6.36. The summed E-state index contributed by atoms with van der Waals surface area (Å²) in [4.78, 5) is 26.1. The number of imide groups is 1. The first-order valence-electron chi connectivity index (χ1n) is 7.45. The number of carbonyl (C=O) groups is 2. The van der Waals surface area contributed by atoms with Gasteiger partial charge in [-0.25, -0.2) is 0 Å². The maximum atomic E-state index is 12.5. The number of likely N-dealkylation sites (N-methyl/N-ethyl adjacent to an activating group) is 1. The maximum Gasteiger partial charge on any atom is 0.277 e. The molecule has 3 rings (SSSR count). The molecular weight excluding hydrogens is 288 g/mol. The van der Waals surface area contributed by atoms with Crippen molar-refractivity contribution in [2.75, 3.05) is 12.4 Å².